The predicted molar refractivity (Wildman–Crippen MR) is 125 cm³/mol. The van der Waals surface area contributed by atoms with Crippen LogP contribution >= 0.6 is 23.2 Å². The van der Waals surface area contributed by atoms with Gasteiger partial charge in [-0.2, -0.15) is 18.3 Å². The van der Waals surface area contributed by atoms with Gasteiger partial charge in [-0.05, 0) is 40.5 Å². The molecule has 2 aliphatic heterocycles. The van der Waals surface area contributed by atoms with Crippen LogP contribution in [0.4, 0.5) is 17.6 Å². The standard InChI is InChI=1S/C24H23Cl2F4N3O2/c1-13(2)22(34)33-10-15-5-4-14(6-16(15)11-35-12-33)20-9-23(24(28,29)30,32(3)31-20)17-7-18(25)21(27)19(26)8-17/h4-8,13H,9-12H2,1-3H3. The van der Waals surface area contributed by atoms with Crippen LogP contribution in [0.5, 0.6) is 0 Å². The van der Waals surface area contributed by atoms with Gasteiger partial charge in [-0.15, -0.1) is 0 Å². The van der Waals surface area contributed by atoms with E-state index in [-0.39, 0.29) is 36.4 Å². The third-order valence-corrected chi connectivity index (χ3v) is 6.94. The molecule has 11 heteroatoms. The van der Waals surface area contributed by atoms with E-state index in [9.17, 15) is 22.4 Å². The van der Waals surface area contributed by atoms with E-state index in [0.717, 1.165) is 28.3 Å². The van der Waals surface area contributed by atoms with E-state index < -0.39 is 34.0 Å². The molecule has 0 aliphatic carbocycles. The van der Waals surface area contributed by atoms with Crippen LogP contribution in [0.2, 0.25) is 10.0 Å². The molecule has 4 rings (SSSR count). The van der Waals surface area contributed by atoms with E-state index in [1.807, 2.05) is 0 Å². The number of hydrogen-bond acceptors (Lipinski definition) is 4. The normalized spacial score (nSPS) is 20.7. The number of carbonyl (C=O) groups excluding carboxylic acids is 1. The third-order valence-electron chi connectivity index (χ3n) is 6.39. The maximum atomic E-state index is 14.6. The first-order valence-corrected chi connectivity index (χ1v) is 11.6. The van der Waals surface area contributed by atoms with E-state index in [0.29, 0.717) is 12.1 Å². The summed E-state index contributed by atoms with van der Waals surface area (Å²) in [6.07, 6.45) is -5.30. The van der Waals surface area contributed by atoms with E-state index in [4.69, 9.17) is 27.9 Å². The lowest BCUT2D eigenvalue weighted by Crippen LogP contribution is -2.50. The molecule has 5 nitrogen and oxygen atoms in total. The second-order valence-corrected chi connectivity index (χ2v) is 9.83. The lowest BCUT2D eigenvalue weighted by molar-refractivity contribution is -0.227. The highest BCUT2D eigenvalue weighted by atomic mass is 35.5. The molecular formula is C24H23Cl2F4N3O2. The number of hydrazone groups is 1. The van der Waals surface area contributed by atoms with E-state index >= 15 is 0 Å². The molecule has 2 aromatic carbocycles. The van der Waals surface area contributed by atoms with Crippen molar-refractivity contribution < 1.29 is 27.1 Å². The van der Waals surface area contributed by atoms with Crippen molar-refractivity contribution in [2.45, 2.75) is 45.1 Å². The van der Waals surface area contributed by atoms with Gasteiger partial charge in [-0.3, -0.25) is 9.80 Å². The van der Waals surface area contributed by atoms with Gasteiger partial charge in [0.2, 0.25) is 5.91 Å². The van der Waals surface area contributed by atoms with Crippen LogP contribution in [0.25, 0.3) is 0 Å². The quantitative estimate of drug-likeness (QED) is 0.355. The topological polar surface area (TPSA) is 45.1 Å². The molecular weight excluding hydrogens is 509 g/mol. The Morgan fingerprint density at radius 2 is 1.80 bits per heavy atom. The molecule has 1 atom stereocenters. The summed E-state index contributed by atoms with van der Waals surface area (Å²) in [5, 5.41) is 4.05. The van der Waals surface area contributed by atoms with Gasteiger partial charge in [-0.1, -0.05) is 49.2 Å². The molecule has 1 amide bonds. The monoisotopic (exact) mass is 531 g/mol. The average Bonchev–Trinajstić information content (AvgIpc) is 3.01. The number of nitrogens with zero attached hydrogens (tertiary/aromatic N) is 3. The number of hydrogen-bond donors (Lipinski definition) is 0. The largest absolute Gasteiger partial charge is 0.417 e. The van der Waals surface area contributed by atoms with Crippen LogP contribution in [0.1, 0.15) is 42.5 Å². The maximum absolute atomic E-state index is 14.6. The Kier molecular flexibility index (Phi) is 6.81. The summed E-state index contributed by atoms with van der Waals surface area (Å²) >= 11 is 11.7. The molecule has 0 saturated heterocycles. The smallest absolute Gasteiger partial charge is 0.356 e. The van der Waals surface area contributed by atoms with Crippen molar-refractivity contribution in [2.24, 2.45) is 11.0 Å². The second-order valence-electron chi connectivity index (χ2n) is 9.01. The van der Waals surface area contributed by atoms with E-state index in [1.165, 1.54) is 7.05 Å². The van der Waals surface area contributed by atoms with Crippen molar-refractivity contribution in [1.29, 1.82) is 0 Å². The first kappa shape index (κ1) is 25.7. The fourth-order valence-corrected chi connectivity index (χ4v) is 4.95. The molecule has 1 unspecified atom stereocenters. The molecule has 0 saturated carbocycles. The zero-order valence-corrected chi connectivity index (χ0v) is 20.7. The van der Waals surface area contributed by atoms with Crippen molar-refractivity contribution in [1.82, 2.24) is 9.91 Å². The van der Waals surface area contributed by atoms with Crippen molar-refractivity contribution in [3.05, 3.63) is 68.4 Å². The van der Waals surface area contributed by atoms with Crippen LogP contribution < -0.4 is 0 Å². The van der Waals surface area contributed by atoms with Gasteiger partial charge in [0.1, 0.15) is 6.73 Å². The third kappa shape index (κ3) is 4.49. The molecule has 2 aromatic rings. The van der Waals surface area contributed by atoms with Crippen LogP contribution in [-0.4, -0.2) is 41.5 Å². The van der Waals surface area contributed by atoms with Gasteiger partial charge in [0.15, 0.2) is 11.4 Å². The summed E-state index contributed by atoms with van der Waals surface area (Å²) < 4.78 is 63.3. The Morgan fingerprint density at radius 1 is 1.14 bits per heavy atom. The lowest BCUT2D eigenvalue weighted by atomic mass is 9.83. The summed E-state index contributed by atoms with van der Waals surface area (Å²) in [5.41, 5.74) is -0.566. The fraction of sp³-hybridized carbons (Fsp3) is 0.417. The van der Waals surface area contributed by atoms with Gasteiger partial charge in [0.25, 0.3) is 0 Å². The number of ether oxygens (including phenoxy) is 1. The van der Waals surface area contributed by atoms with Crippen molar-refractivity contribution in [2.75, 3.05) is 13.8 Å². The minimum atomic E-state index is -4.77. The number of halogens is 6. The Morgan fingerprint density at radius 3 is 2.40 bits per heavy atom. The van der Waals surface area contributed by atoms with Gasteiger partial charge in [-0.25, -0.2) is 4.39 Å². The average molecular weight is 532 g/mol. The predicted octanol–water partition coefficient (Wildman–Crippen LogP) is 6.10. The summed E-state index contributed by atoms with van der Waals surface area (Å²) in [6, 6.07) is 7.09. The Hall–Kier alpha value is -2.36. The molecule has 188 valence electrons. The Balaban J connectivity index is 1.70. The first-order valence-electron chi connectivity index (χ1n) is 10.9. The number of fused-ring (bicyclic) bond motifs is 1. The SMILES string of the molecule is CC(C)C(=O)N1COCc2cc(C3=NN(C)C(c4cc(Cl)c(F)c(Cl)c4)(C(F)(F)F)C3)ccc2C1. The minimum Gasteiger partial charge on any atom is -0.356 e. The number of alkyl halides is 3. The van der Waals surface area contributed by atoms with Crippen LogP contribution in [0.3, 0.4) is 0 Å². The number of carbonyl (C=O) groups is 1. The molecule has 0 spiro atoms. The molecule has 0 bridgehead atoms. The molecule has 2 aliphatic rings. The summed E-state index contributed by atoms with van der Waals surface area (Å²) in [4.78, 5) is 14.0. The van der Waals surface area contributed by atoms with E-state index in [2.05, 4.69) is 5.10 Å². The van der Waals surface area contributed by atoms with Crippen molar-refractivity contribution >= 4 is 34.8 Å². The Labute approximate surface area is 210 Å². The molecule has 0 radical (unpaired) electrons. The summed E-state index contributed by atoms with van der Waals surface area (Å²) in [7, 11) is 1.22. The van der Waals surface area contributed by atoms with E-state index in [1.54, 1.807) is 36.9 Å². The van der Waals surface area contributed by atoms with Gasteiger partial charge >= 0.3 is 6.18 Å². The van der Waals surface area contributed by atoms with Crippen LogP contribution in [0.15, 0.2) is 35.4 Å². The fourth-order valence-electron chi connectivity index (χ4n) is 4.47. The minimum absolute atomic E-state index is 0.0460. The molecule has 0 fully saturated rings. The van der Waals surface area contributed by atoms with Crippen molar-refractivity contribution in [3.63, 3.8) is 0 Å². The van der Waals surface area contributed by atoms with Gasteiger partial charge < -0.3 is 9.64 Å². The Bertz CT molecular complexity index is 1180. The highest BCUT2D eigenvalue weighted by Gasteiger charge is 2.62. The zero-order chi connectivity index (χ0) is 25.7. The highest BCUT2D eigenvalue weighted by molar-refractivity contribution is 6.35. The number of rotatable bonds is 3. The molecule has 2 heterocycles. The van der Waals surface area contributed by atoms with Crippen LogP contribution in [0, 0.1) is 11.7 Å². The first-order chi connectivity index (χ1) is 16.3. The van der Waals surface area contributed by atoms with Gasteiger partial charge in [0, 0.05) is 25.9 Å². The molecule has 0 aromatic heterocycles. The summed E-state index contributed by atoms with van der Waals surface area (Å²) in [5.74, 6) is -1.21. The summed E-state index contributed by atoms with van der Waals surface area (Å²) in [6.45, 7) is 4.30. The number of amides is 1. The van der Waals surface area contributed by atoms with Gasteiger partial charge in [0.05, 0.1) is 22.4 Å². The number of benzene rings is 2. The lowest BCUT2D eigenvalue weighted by Gasteiger charge is -2.37. The highest BCUT2D eigenvalue weighted by Crippen LogP contribution is 2.51. The second kappa shape index (κ2) is 9.26. The zero-order valence-electron chi connectivity index (χ0n) is 19.2. The maximum Gasteiger partial charge on any atom is 0.417 e. The molecule has 35 heavy (non-hydrogen) atoms. The molecule has 0 N–H and O–H groups in total. The van der Waals surface area contributed by atoms with Crippen LogP contribution in [-0.2, 0) is 28.2 Å². The van der Waals surface area contributed by atoms with Crippen molar-refractivity contribution in [3.8, 4) is 0 Å².